The average Bonchev–Trinajstić information content (AvgIpc) is 4.13. The van der Waals surface area contributed by atoms with Crippen LogP contribution in [0.25, 0.3) is 0 Å². The van der Waals surface area contributed by atoms with Crippen LogP contribution in [0, 0.1) is 46.8 Å². The fourth-order valence-electron chi connectivity index (χ4n) is 9.53. The Morgan fingerprint density at radius 3 is 1.85 bits per heavy atom. The summed E-state index contributed by atoms with van der Waals surface area (Å²) in [6.45, 7) is 11.3. The summed E-state index contributed by atoms with van der Waals surface area (Å²) < 4.78 is 12.2. The first-order valence-corrected chi connectivity index (χ1v) is 25.4. The third-order valence-electron chi connectivity index (χ3n) is 13.4. The Morgan fingerprint density at radius 2 is 1.30 bits per heavy atom. The number of halogens is 1. The van der Waals surface area contributed by atoms with Crippen molar-refractivity contribution in [3.63, 3.8) is 0 Å². The molecule has 0 aromatic heterocycles. The molecule has 16 nitrogen and oxygen atoms in total. The molecule has 390 valence electrons. The van der Waals surface area contributed by atoms with E-state index in [0.29, 0.717) is 52.8 Å². The van der Waals surface area contributed by atoms with Crippen molar-refractivity contribution in [2.24, 2.45) is 51.4 Å². The molecule has 0 radical (unpaired) electrons. The molecule has 5 amide bonds. The van der Waals surface area contributed by atoms with Crippen molar-refractivity contribution >= 4 is 65.9 Å². The molecule has 3 aromatic rings. The average molecular weight is 1020 g/mol. The van der Waals surface area contributed by atoms with Gasteiger partial charge in [-0.15, -0.1) is 0 Å². The fourth-order valence-corrected chi connectivity index (χ4v) is 9.80. The van der Waals surface area contributed by atoms with Crippen LogP contribution in [0.1, 0.15) is 103 Å². The number of alkyl carbamates (subject to hydrolysis) is 1. The van der Waals surface area contributed by atoms with Gasteiger partial charge < -0.3 is 41.0 Å². The lowest BCUT2D eigenvalue weighted by atomic mass is 9.78. The van der Waals surface area contributed by atoms with Crippen LogP contribution in [0.2, 0.25) is 5.02 Å². The quantitative estimate of drug-likeness (QED) is 0.0157. The minimum Gasteiger partial charge on any atom is -0.444 e. The number of hydrogen-bond donors (Lipinski definition) is 6. The number of ether oxygens (including phenoxy) is 2. The lowest BCUT2D eigenvalue weighted by Crippen LogP contribution is -2.55. The summed E-state index contributed by atoms with van der Waals surface area (Å²) in [6.07, 6.45) is 5.94. The van der Waals surface area contributed by atoms with Gasteiger partial charge in [-0.25, -0.2) is 19.6 Å². The van der Waals surface area contributed by atoms with E-state index in [1.54, 1.807) is 45.0 Å². The Kier molecular flexibility index (Phi) is 18.5. The summed E-state index contributed by atoms with van der Waals surface area (Å²) in [5.41, 5.74) is 2.08. The molecule has 0 spiro atoms. The number of hydrogen-bond acceptors (Lipinski definition) is 11. The van der Waals surface area contributed by atoms with Crippen molar-refractivity contribution in [2.45, 2.75) is 109 Å². The molecule has 73 heavy (non-hydrogen) atoms. The number of amides is 5. The Morgan fingerprint density at radius 1 is 0.740 bits per heavy atom. The van der Waals surface area contributed by atoms with Crippen molar-refractivity contribution < 1.29 is 48.5 Å². The molecule has 2 saturated carbocycles. The van der Waals surface area contributed by atoms with Crippen molar-refractivity contribution in [3.8, 4) is 0 Å². The molecular weight excluding hydrogens is 952 g/mol. The van der Waals surface area contributed by atoms with Crippen LogP contribution in [0.15, 0.2) is 100 Å². The number of unbranched alkanes of at least 4 members (excludes halogenated alkanes) is 1. The van der Waals surface area contributed by atoms with Gasteiger partial charge in [-0.3, -0.25) is 19.2 Å². The molecule has 2 fully saturated rings. The topological polar surface area (TPSA) is 246 Å². The fraction of sp³-hybridized carbons (Fsp3) is 0.482. The zero-order valence-electron chi connectivity index (χ0n) is 42.6. The number of aliphatic hydroxyl groups excluding tert-OH is 2. The standard InChI is InChI=1S/C56H69ClN6O10/c1-33(2)25-35(28-58)48(66)61-30-37(31-64)49(67)60-29-36(26-34(3)4)50(68)63-46(32-65)51(69)62-45(19-13-14-24-59-53(71)73-54(5,6)7)52(70)72-56(39-15-9-8-10-16-39,41-17-11-12-18-44(41)57)40-22-20-38(21-23-40)55-42-27-43(55)47(42)55/h8-12,15-18,20-23,27-30,33-37,42,45-47,58,64-65H,13-14,19,24-26,31-32H2,1-7H3,(H,59,71)(H,62,69)(H,63,68)/t35?,36?,37?,42?,45-,46-,47-,55?,56?/m0/s1. The van der Waals surface area contributed by atoms with E-state index in [0.717, 1.165) is 18.6 Å². The monoisotopic (exact) mass is 1020 g/mol. The second kappa shape index (κ2) is 24.1. The molecule has 0 aliphatic heterocycles. The predicted octanol–water partition coefficient (Wildman–Crippen LogP) is 7.05. The van der Waals surface area contributed by atoms with Crippen LogP contribution in [0.5, 0.6) is 0 Å². The van der Waals surface area contributed by atoms with Gasteiger partial charge in [-0.1, -0.05) is 124 Å². The summed E-state index contributed by atoms with van der Waals surface area (Å²) in [5.74, 6) is -6.09. The second-order valence-electron chi connectivity index (χ2n) is 20.9. The first-order valence-electron chi connectivity index (χ1n) is 25.0. The number of carbonyl (C=O) groups excluding carboxylic acids is 6. The van der Waals surface area contributed by atoms with E-state index < -0.39 is 89.9 Å². The van der Waals surface area contributed by atoms with Crippen LogP contribution in [0.3, 0.4) is 0 Å². The van der Waals surface area contributed by atoms with Crippen molar-refractivity contribution in [2.75, 3.05) is 19.8 Å². The zero-order chi connectivity index (χ0) is 53.3. The largest absolute Gasteiger partial charge is 0.444 e. The highest BCUT2D eigenvalue weighted by Gasteiger charge is 2.89. The van der Waals surface area contributed by atoms with E-state index in [-0.39, 0.29) is 36.6 Å². The van der Waals surface area contributed by atoms with Crippen LogP contribution in [-0.4, -0.2) is 102 Å². The molecule has 4 aliphatic carbocycles. The number of esters is 1. The van der Waals surface area contributed by atoms with Crippen LogP contribution in [-0.2, 0) is 44.5 Å². The molecule has 0 saturated heterocycles. The van der Waals surface area contributed by atoms with Gasteiger partial charge in [0.1, 0.15) is 17.7 Å². The van der Waals surface area contributed by atoms with Crippen LogP contribution >= 0.6 is 11.6 Å². The van der Waals surface area contributed by atoms with Crippen molar-refractivity contribution in [3.05, 3.63) is 118 Å². The molecular formula is C56H69ClN6O10. The predicted molar refractivity (Wildman–Crippen MR) is 278 cm³/mol. The van der Waals surface area contributed by atoms with E-state index in [9.17, 15) is 34.2 Å². The molecule has 9 atom stereocenters. The van der Waals surface area contributed by atoms with Gasteiger partial charge in [0.2, 0.25) is 11.8 Å². The molecule has 17 heteroatoms. The minimum atomic E-state index is -1.64. The van der Waals surface area contributed by atoms with E-state index in [2.05, 4.69) is 44.1 Å². The first-order chi connectivity index (χ1) is 34.7. The van der Waals surface area contributed by atoms with Gasteiger partial charge in [0.15, 0.2) is 5.60 Å². The Labute approximate surface area is 432 Å². The summed E-state index contributed by atoms with van der Waals surface area (Å²) in [6, 6.07) is 21.3. The number of nitrogens with one attached hydrogen (secondary N) is 4. The highest BCUT2D eigenvalue weighted by molar-refractivity contribution is 6.31. The Bertz CT molecular complexity index is 2590. The number of carbonyl (C=O) groups is 6. The maximum atomic E-state index is 15.1. The molecule has 4 aliphatic rings. The zero-order valence-corrected chi connectivity index (χ0v) is 43.4. The normalized spacial score (nSPS) is 20.3. The maximum Gasteiger partial charge on any atom is 0.407 e. The summed E-state index contributed by atoms with van der Waals surface area (Å²) in [5, 5.41) is 36.5. The van der Waals surface area contributed by atoms with Gasteiger partial charge in [0.25, 0.3) is 11.8 Å². The Hall–Kier alpha value is -6.36. The van der Waals surface area contributed by atoms with Crippen LogP contribution in [0.4, 0.5) is 4.79 Å². The van der Waals surface area contributed by atoms with Crippen molar-refractivity contribution in [1.82, 2.24) is 16.0 Å². The molecule has 6 N–H and O–H groups in total. The smallest absolute Gasteiger partial charge is 0.407 e. The minimum absolute atomic E-state index is 0.00478. The number of nitrogens with zero attached hydrogens (tertiary/aromatic N) is 2. The lowest BCUT2D eigenvalue weighted by molar-refractivity contribution is -0.157. The Balaban J connectivity index is 1.25. The third kappa shape index (κ3) is 13.1. The number of aliphatic hydroxyl groups is 2. The number of rotatable bonds is 26. The van der Waals surface area contributed by atoms with E-state index in [4.69, 9.17) is 26.5 Å². The molecule has 0 heterocycles. The van der Waals surface area contributed by atoms with Crippen molar-refractivity contribution in [1.29, 1.82) is 5.41 Å². The summed E-state index contributed by atoms with van der Waals surface area (Å²) >= 11 is 7.02. The number of benzene rings is 3. The maximum absolute atomic E-state index is 15.1. The lowest BCUT2D eigenvalue weighted by Gasteiger charge is -2.37. The number of aliphatic imine (C=N–C) groups is 2. The second-order valence-corrected chi connectivity index (χ2v) is 21.3. The third-order valence-corrected chi connectivity index (χ3v) is 13.7. The van der Waals surface area contributed by atoms with Gasteiger partial charge in [0, 0.05) is 58.2 Å². The highest BCUT2D eigenvalue weighted by Crippen LogP contribution is 2.92. The van der Waals surface area contributed by atoms with E-state index in [1.807, 2.05) is 70.2 Å². The molecule has 2 bridgehead atoms. The first kappa shape index (κ1) is 55.9. The van der Waals surface area contributed by atoms with Gasteiger partial charge >= 0.3 is 12.1 Å². The number of allylic oxidation sites excluding steroid dienone is 2. The SMILES string of the molecule is CC(C)CC(C=N)C(=O)N=CC(CO)C(=O)N=CC(CC(C)C)C(=O)N[C@@H](CO)C(=O)N[C@@H](CCCCNC(=O)OC(C)(C)C)C(=O)OC(c1ccccc1)(c1ccc(C23C4=CC2[C@@H]43)cc1)c1ccccc1Cl. The molecule has 3 aromatic carbocycles. The van der Waals surface area contributed by atoms with Crippen LogP contribution < -0.4 is 16.0 Å². The summed E-state index contributed by atoms with van der Waals surface area (Å²) in [7, 11) is 0. The van der Waals surface area contributed by atoms with Gasteiger partial charge in [0.05, 0.1) is 31.0 Å². The highest BCUT2D eigenvalue weighted by atomic mass is 35.5. The summed E-state index contributed by atoms with van der Waals surface area (Å²) in [4.78, 5) is 89.2. The van der Waals surface area contributed by atoms with Gasteiger partial charge in [-0.05, 0) is 82.3 Å². The van der Waals surface area contributed by atoms with Gasteiger partial charge in [-0.2, -0.15) is 0 Å². The van der Waals surface area contributed by atoms with E-state index >= 15 is 4.79 Å². The van der Waals surface area contributed by atoms with E-state index in [1.165, 1.54) is 11.1 Å². The molecule has 7 rings (SSSR count). The molecule has 6 unspecified atom stereocenters.